The molecule has 1 heterocycles. The van der Waals surface area contributed by atoms with Crippen LogP contribution in [0.15, 0.2) is 136 Å². The van der Waals surface area contributed by atoms with Crippen molar-refractivity contribution in [2.75, 3.05) is 11.4 Å². The Kier molecular flexibility index (Phi) is 11.1. The Bertz CT molecular complexity index is 2240. The minimum absolute atomic E-state index is 0.0252. The van der Waals surface area contributed by atoms with Crippen LogP contribution < -0.4 is 4.90 Å². The maximum absolute atomic E-state index is 14.1. The van der Waals surface area contributed by atoms with E-state index in [-0.39, 0.29) is 17.2 Å². The second-order valence-corrected chi connectivity index (χ2v) is 16.9. The van der Waals surface area contributed by atoms with Gasteiger partial charge in [0.1, 0.15) is 0 Å². The van der Waals surface area contributed by atoms with Crippen LogP contribution in [0.1, 0.15) is 103 Å². The zero-order valence-electron chi connectivity index (χ0n) is 31.4. The SMILES string of the molecule is CCCCCCC1(CCCCCCN2C(=O)c3cccc4c(N(c5ccccc5)c5ccccc5)ccc(c34)C2=O)c2cc(Br)ccc2-c2ccc(Br)cc21. The fourth-order valence-electron chi connectivity index (χ4n) is 9.12. The van der Waals surface area contributed by atoms with Gasteiger partial charge in [0, 0.05) is 54.2 Å². The Labute approximate surface area is 341 Å². The van der Waals surface area contributed by atoms with Crippen LogP contribution >= 0.6 is 31.9 Å². The number of fused-ring (bicyclic) bond motifs is 3. The first kappa shape index (κ1) is 37.4. The molecule has 2 aliphatic rings. The number of carbonyl (C=O) groups is 2. The molecule has 1 aliphatic heterocycles. The van der Waals surface area contributed by atoms with Gasteiger partial charge in [-0.2, -0.15) is 0 Å². The van der Waals surface area contributed by atoms with Crippen molar-refractivity contribution in [3.63, 3.8) is 0 Å². The Morgan fingerprint density at radius 2 is 1.07 bits per heavy atom. The Hall–Kier alpha value is -4.52. The summed E-state index contributed by atoms with van der Waals surface area (Å²) < 4.78 is 2.26. The third-order valence-electron chi connectivity index (χ3n) is 11.7. The van der Waals surface area contributed by atoms with Gasteiger partial charge in [-0.15, -0.1) is 0 Å². The van der Waals surface area contributed by atoms with E-state index in [0.717, 1.165) is 75.3 Å². The number of nitrogens with zero attached hydrogens (tertiary/aromatic N) is 2. The van der Waals surface area contributed by atoms with E-state index in [4.69, 9.17) is 0 Å². The third-order valence-corrected chi connectivity index (χ3v) is 12.7. The summed E-state index contributed by atoms with van der Waals surface area (Å²) in [5.74, 6) is -0.403. The van der Waals surface area contributed by atoms with Gasteiger partial charge in [-0.3, -0.25) is 14.5 Å². The molecule has 0 bridgehead atoms. The highest BCUT2D eigenvalue weighted by molar-refractivity contribution is 9.10. The molecule has 4 nitrogen and oxygen atoms in total. The standard InChI is InChI=1S/C49H46Br2N2O2/c1-2-3-4-13-29-49(43-32-34(50)23-25-38(43)39-26-24-35(51)33-44(39)49)30-14-5-6-15-31-52-47(54)41-22-16-21-40-45(28-27-42(46(40)41)48(52)55)53(36-17-9-7-10-18-36)37-19-11-8-12-20-37/h7-12,16-28,32-33H,2-6,13-15,29-31H2,1H3. The number of hydrogen-bond acceptors (Lipinski definition) is 3. The van der Waals surface area contributed by atoms with Gasteiger partial charge in [0.15, 0.2) is 0 Å². The van der Waals surface area contributed by atoms with Gasteiger partial charge in [0.05, 0.1) is 5.69 Å². The summed E-state index contributed by atoms with van der Waals surface area (Å²) in [7, 11) is 0. The van der Waals surface area contributed by atoms with Crippen LogP contribution in [0.25, 0.3) is 21.9 Å². The number of halogens is 2. The van der Waals surface area contributed by atoms with Gasteiger partial charge in [-0.1, -0.05) is 144 Å². The predicted molar refractivity (Wildman–Crippen MR) is 234 cm³/mol. The van der Waals surface area contributed by atoms with Crippen LogP contribution in [-0.4, -0.2) is 23.3 Å². The molecule has 55 heavy (non-hydrogen) atoms. The Morgan fingerprint density at radius 3 is 1.65 bits per heavy atom. The molecule has 1 aliphatic carbocycles. The molecule has 2 amide bonds. The van der Waals surface area contributed by atoms with Crippen LogP contribution in [0.5, 0.6) is 0 Å². The second-order valence-electron chi connectivity index (χ2n) is 15.1. The minimum atomic E-state index is -0.201. The fraction of sp³-hybridized carbons (Fsp3) is 0.265. The van der Waals surface area contributed by atoms with Crippen molar-refractivity contribution >= 4 is 71.5 Å². The van der Waals surface area contributed by atoms with Crippen LogP contribution in [0, 0.1) is 0 Å². The first-order valence-electron chi connectivity index (χ1n) is 19.8. The molecule has 0 fully saturated rings. The van der Waals surface area contributed by atoms with E-state index < -0.39 is 0 Å². The van der Waals surface area contributed by atoms with E-state index in [2.05, 4.69) is 104 Å². The number of para-hydroxylation sites is 2. The predicted octanol–water partition coefficient (Wildman–Crippen LogP) is 14.3. The smallest absolute Gasteiger partial charge is 0.261 e. The van der Waals surface area contributed by atoms with Crippen molar-refractivity contribution in [3.8, 4) is 11.1 Å². The average molecular weight is 855 g/mol. The normalized spacial score (nSPS) is 14.0. The van der Waals surface area contributed by atoms with E-state index in [1.807, 2.05) is 66.7 Å². The van der Waals surface area contributed by atoms with Crippen molar-refractivity contribution in [2.45, 2.75) is 76.5 Å². The highest BCUT2D eigenvalue weighted by Gasteiger charge is 2.42. The zero-order chi connectivity index (χ0) is 37.9. The highest BCUT2D eigenvalue weighted by Crippen LogP contribution is 2.55. The van der Waals surface area contributed by atoms with Crippen LogP contribution in [0.2, 0.25) is 0 Å². The summed E-state index contributed by atoms with van der Waals surface area (Å²) in [6, 6.07) is 43.9. The van der Waals surface area contributed by atoms with Gasteiger partial charge < -0.3 is 4.90 Å². The molecule has 0 spiro atoms. The molecule has 0 atom stereocenters. The average Bonchev–Trinajstić information content (AvgIpc) is 3.46. The molecule has 0 aromatic heterocycles. The van der Waals surface area contributed by atoms with Gasteiger partial charge in [-0.05, 0) is 108 Å². The first-order valence-corrected chi connectivity index (χ1v) is 21.4. The van der Waals surface area contributed by atoms with Gasteiger partial charge in [0.2, 0.25) is 0 Å². The number of carbonyl (C=O) groups excluding carboxylic acids is 2. The summed E-state index contributed by atoms with van der Waals surface area (Å²) >= 11 is 7.59. The van der Waals surface area contributed by atoms with Crippen molar-refractivity contribution in [3.05, 3.63) is 159 Å². The van der Waals surface area contributed by atoms with E-state index >= 15 is 0 Å². The first-order chi connectivity index (χ1) is 26.9. The molecule has 0 saturated carbocycles. The van der Waals surface area contributed by atoms with Crippen LogP contribution in [0.3, 0.4) is 0 Å². The van der Waals surface area contributed by atoms with Gasteiger partial charge >= 0.3 is 0 Å². The van der Waals surface area contributed by atoms with Crippen LogP contribution in [0.4, 0.5) is 17.1 Å². The summed E-state index contributed by atoms with van der Waals surface area (Å²) in [4.78, 5) is 31.9. The summed E-state index contributed by atoms with van der Waals surface area (Å²) in [6.07, 6.45) is 11.0. The summed E-state index contributed by atoms with van der Waals surface area (Å²) in [5, 5.41) is 1.63. The molecular formula is C49H46Br2N2O2. The third kappa shape index (κ3) is 7.08. The number of hydrogen-bond donors (Lipinski definition) is 0. The molecule has 0 radical (unpaired) electrons. The summed E-state index contributed by atoms with van der Waals surface area (Å²) in [6.45, 7) is 2.69. The number of anilines is 3. The molecule has 6 heteroatoms. The highest BCUT2D eigenvalue weighted by atomic mass is 79.9. The fourth-order valence-corrected chi connectivity index (χ4v) is 9.84. The van der Waals surface area contributed by atoms with Crippen molar-refractivity contribution in [2.24, 2.45) is 0 Å². The lowest BCUT2D eigenvalue weighted by Crippen LogP contribution is -2.41. The largest absolute Gasteiger partial charge is 0.310 e. The maximum Gasteiger partial charge on any atom is 0.261 e. The zero-order valence-corrected chi connectivity index (χ0v) is 34.5. The number of amides is 2. The number of rotatable bonds is 15. The maximum atomic E-state index is 14.1. The lowest BCUT2D eigenvalue weighted by Gasteiger charge is -2.33. The molecule has 6 aromatic rings. The van der Waals surface area contributed by atoms with E-state index in [1.54, 1.807) is 0 Å². The molecule has 6 aromatic carbocycles. The topological polar surface area (TPSA) is 40.6 Å². The quantitative estimate of drug-likeness (QED) is 0.0763. The Balaban J connectivity index is 0.986. The monoisotopic (exact) mass is 852 g/mol. The van der Waals surface area contributed by atoms with E-state index in [9.17, 15) is 9.59 Å². The van der Waals surface area contributed by atoms with Crippen molar-refractivity contribution < 1.29 is 9.59 Å². The molecule has 8 rings (SSSR count). The lowest BCUT2D eigenvalue weighted by atomic mass is 9.70. The molecule has 278 valence electrons. The number of unbranched alkanes of at least 4 members (excludes halogenated alkanes) is 6. The van der Waals surface area contributed by atoms with Gasteiger partial charge in [-0.25, -0.2) is 0 Å². The number of imide groups is 1. The van der Waals surface area contributed by atoms with E-state index in [1.165, 1.54) is 52.8 Å². The molecule has 0 saturated heterocycles. The minimum Gasteiger partial charge on any atom is -0.310 e. The summed E-state index contributed by atoms with van der Waals surface area (Å²) in [5.41, 5.74) is 9.72. The molecule has 0 unspecified atom stereocenters. The van der Waals surface area contributed by atoms with Crippen LogP contribution in [-0.2, 0) is 5.41 Å². The van der Waals surface area contributed by atoms with Crippen molar-refractivity contribution in [1.29, 1.82) is 0 Å². The number of benzene rings is 6. The van der Waals surface area contributed by atoms with E-state index in [0.29, 0.717) is 17.7 Å². The lowest BCUT2D eigenvalue weighted by molar-refractivity contribution is 0.0607. The second kappa shape index (κ2) is 16.3. The van der Waals surface area contributed by atoms with Gasteiger partial charge in [0.25, 0.3) is 11.8 Å². The Morgan fingerprint density at radius 1 is 0.545 bits per heavy atom. The molecule has 0 N–H and O–H groups in total. The molecular weight excluding hydrogens is 808 g/mol. The van der Waals surface area contributed by atoms with Crippen molar-refractivity contribution in [1.82, 2.24) is 4.90 Å².